The number of aromatic nitrogens is 3. The third-order valence-corrected chi connectivity index (χ3v) is 5.83. The van der Waals surface area contributed by atoms with Crippen molar-refractivity contribution in [2.24, 2.45) is 17.8 Å². The number of nitrogens with zero attached hydrogens (tertiary/aromatic N) is 3. The molecule has 0 radical (unpaired) electrons. The fourth-order valence-corrected chi connectivity index (χ4v) is 4.57. The van der Waals surface area contributed by atoms with Crippen molar-refractivity contribution in [2.75, 3.05) is 11.9 Å². The maximum Gasteiger partial charge on any atom is 0.239 e. The number of benzene rings is 1. The smallest absolute Gasteiger partial charge is 0.239 e. The summed E-state index contributed by atoms with van der Waals surface area (Å²) in [6.07, 6.45) is 8.59. The van der Waals surface area contributed by atoms with Gasteiger partial charge in [-0.1, -0.05) is 6.42 Å². The van der Waals surface area contributed by atoms with Crippen LogP contribution in [-0.4, -0.2) is 33.3 Å². The average molecular weight is 339 g/mol. The highest BCUT2D eigenvalue weighted by molar-refractivity contribution is 5.81. The van der Waals surface area contributed by atoms with Crippen molar-refractivity contribution >= 4 is 11.6 Å². The van der Waals surface area contributed by atoms with Crippen LogP contribution in [0.3, 0.4) is 0 Å². The summed E-state index contributed by atoms with van der Waals surface area (Å²) >= 11 is 0. The van der Waals surface area contributed by atoms with Crippen molar-refractivity contribution in [1.82, 2.24) is 20.1 Å². The van der Waals surface area contributed by atoms with Gasteiger partial charge in [-0.05, 0) is 68.2 Å². The molecule has 2 aliphatic carbocycles. The van der Waals surface area contributed by atoms with Crippen LogP contribution in [0, 0.1) is 17.8 Å². The highest BCUT2D eigenvalue weighted by Crippen LogP contribution is 2.49. The quantitative estimate of drug-likeness (QED) is 0.849. The molecular formula is C19H25N5O. The Kier molecular flexibility index (Phi) is 4.42. The first-order valence-corrected chi connectivity index (χ1v) is 9.17. The third kappa shape index (κ3) is 3.52. The number of hydrogen-bond acceptors (Lipinski definition) is 4. The number of nitrogens with one attached hydrogen (secondary N) is 2. The summed E-state index contributed by atoms with van der Waals surface area (Å²) in [4.78, 5) is 16.2. The molecule has 4 atom stereocenters. The molecule has 2 N–H and O–H groups in total. The van der Waals surface area contributed by atoms with E-state index >= 15 is 0 Å². The van der Waals surface area contributed by atoms with E-state index < -0.39 is 0 Å². The van der Waals surface area contributed by atoms with Gasteiger partial charge in [0.05, 0.1) is 12.2 Å². The van der Waals surface area contributed by atoms with Gasteiger partial charge in [0.1, 0.15) is 12.7 Å². The fraction of sp³-hybridized carbons (Fsp3) is 0.526. The van der Waals surface area contributed by atoms with Crippen LogP contribution >= 0.6 is 0 Å². The summed E-state index contributed by atoms with van der Waals surface area (Å²) in [5, 5.41) is 10.5. The Balaban J connectivity index is 1.26. The van der Waals surface area contributed by atoms with Gasteiger partial charge in [0, 0.05) is 11.7 Å². The van der Waals surface area contributed by atoms with E-state index in [4.69, 9.17) is 0 Å². The molecule has 2 aromatic rings. The van der Waals surface area contributed by atoms with Crippen LogP contribution in [-0.2, 0) is 4.79 Å². The van der Waals surface area contributed by atoms with Crippen molar-refractivity contribution < 1.29 is 4.79 Å². The minimum Gasteiger partial charge on any atom is -0.376 e. The molecule has 6 nitrogen and oxygen atoms in total. The Labute approximate surface area is 148 Å². The third-order valence-electron chi connectivity index (χ3n) is 5.83. The maximum atomic E-state index is 12.2. The van der Waals surface area contributed by atoms with Gasteiger partial charge in [0.15, 0.2) is 0 Å². The van der Waals surface area contributed by atoms with Gasteiger partial charge in [0.25, 0.3) is 0 Å². The molecule has 2 saturated carbocycles. The Morgan fingerprint density at radius 1 is 1.28 bits per heavy atom. The topological polar surface area (TPSA) is 71.8 Å². The zero-order valence-electron chi connectivity index (χ0n) is 14.6. The Morgan fingerprint density at radius 3 is 2.76 bits per heavy atom. The van der Waals surface area contributed by atoms with E-state index in [1.165, 1.54) is 32.0 Å². The van der Waals surface area contributed by atoms with Crippen LogP contribution in [0.5, 0.6) is 0 Å². The number of fused-ring (bicyclic) bond motifs is 2. The average Bonchev–Trinajstić information content (AvgIpc) is 3.37. The molecule has 4 rings (SSSR count). The van der Waals surface area contributed by atoms with Crippen molar-refractivity contribution in [2.45, 2.75) is 38.6 Å². The predicted octanol–water partition coefficient (Wildman–Crippen LogP) is 2.62. The van der Waals surface area contributed by atoms with Crippen molar-refractivity contribution in [3.63, 3.8) is 0 Å². The number of carbonyl (C=O) groups excluding carboxylic acids is 1. The molecule has 1 aromatic heterocycles. The summed E-state index contributed by atoms with van der Waals surface area (Å²) in [5.41, 5.74) is 1.86. The summed E-state index contributed by atoms with van der Waals surface area (Å²) in [6.45, 7) is 2.46. The van der Waals surface area contributed by atoms with Crippen LogP contribution in [0.15, 0.2) is 36.9 Å². The summed E-state index contributed by atoms with van der Waals surface area (Å²) in [7, 11) is 0. The number of anilines is 1. The van der Waals surface area contributed by atoms with Crippen molar-refractivity contribution in [1.29, 1.82) is 0 Å². The number of hydrogen-bond donors (Lipinski definition) is 2. The van der Waals surface area contributed by atoms with Gasteiger partial charge in [-0.2, -0.15) is 5.10 Å². The van der Waals surface area contributed by atoms with E-state index in [1.54, 1.807) is 11.0 Å². The Bertz CT molecular complexity index is 712. The molecule has 0 spiro atoms. The minimum absolute atomic E-state index is 0.0654. The molecule has 132 valence electrons. The van der Waals surface area contributed by atoms with E-state index in [0.29, 0.717) is 12.5 Å². The zero-order valence-corrected chi connectivity index (χ0v) is 14.6. The molecule has 25 heavy (non-hydrogen) atoms. The number of carbonyl (C=O) groups is 1. The normalized spacial score (nSPS) is 25.7. The van der Waals surface area contributed by atoms with Crippen LogP contribution in [0.25, 0.3) is 5.69 Å². The highest BCUT2D eigenvalue weighted by atomic mass is 16.1. The highest BCUT2D eigenvalue weighted by Gasteiger charge is 2.42. The van der Waals surface area contributed by atoms with Gasteiger partial charge >= 0.3 is 0 Å². The van der Waals surface area contributed by atoms with Gasteiger partial charge in [0.2, 0.25) is 5.91 Å². The lowest BCUT2D eigenvalue weighted by Gasteiger charge is -2.28. The van der Waals surface area contributed by atoms with Crippen LogP contribution < -0.4 is 10.6 Å². The summed E-state index contributed by atoms with van der Waals surface area (Å²) in [6, 6.07) is 8.08. The number of amides is 1. The molecule has 1 heterocycles. The summed E-state index contributed by atoms with van der Waals surface area (Å²) in [5.74, 6) is 2.48. The van der Waals surface area contributed by atoms with Crippen LogP contribution in [0.2, 0.25) is 0 Å². The van der Waals surface area contributed by atoms with Gasteiger partial charge in [-0.25, -0.2) is 9.67 Å². The summed E-state index contributed by atoms with van der Waals surface area (Å²) < 4.78 is 1.70. The monoisotopic (exact) mass is 339 g/mol. The number of rotatable bonds is 6. The van der Waals surface area contributed by atoms with Gasteiger partial charge < -0.3 is 10.6 Å². The second kappa shape index (κ2) is 6.86. The molecule has 0 aliphatic heterocycles. The fourth-order valence-electron chi connectivity index (χ4n) is 4.57. The molecule has 2 bridgehead atoms. The van der Waals surface area contributed by atoms with Crippen LogP contribution in [0.4, 0.5) is 5.69 Å². The SMILES string of the molecule is CC(NC(=O)CNc1ccc(-n2cncn2)cc1)C1CC2CCC1C2. The molecule has 6 heteroatoms. The van der Waals surface area contributed by atoms with E-state index in [1.807, 2.05) is 24.3 Å². The first kappa shape index (κ1) is 16.1. The van der Waals surface area contributed by atoms with Gasteiger partial charge in [-0.3, -0.25) is 4.79 Å². The first-order chi connectivity index (χ1) is 12.2. The zero-order chi connectivity index (χ0) is 17.2. The van der Waals surface area contributed by atoms with Gasteiger partial charge in [-0.15, -0.1) is 0 Å². The standard InChI is InChI=1S/C19H25N5O/c1-13(18-9-14-2-3-15(18)8-14)23-19(25)10-21-16-4-6-17(7-5-16)24-12-20-11-22-24/h4-7,11-15,18,21H,2-3,8-10H2,1H3,(H,23,25). The van der Waals surface area contributed by atoms with Crippen molar-refractivity contribution in [3.05, 3.63) is 36.9 Å². The van der Waals surface area contributed by atoms with E-state index in [9.17, 15) is 4.79 Å². The Morgan fingerprint density at radius 2 is 2.12 bits per heavy atom. The van der Waals surface area contributed by atoms with E-state index in [-0.39, 0.29) is 11.9 Å². The maximum absolute atomic E-state index is 12.2. The van der Waals surface area contributed by atoms with Crippen LogP contribution in [0.1, 0.15) is 32.6 Å². The second-order valence-corrected chi connectivity index (χ2v) is 7.44. The van der Waals surface area contributed by atoms with E-state index in [0.717, 1.165) is 23.2 Å². The Hall–Kier alpha value is -2.37. The second-order valence-electron chi connectivity index (χ2n) is 7.44. The van der Waals surface area contributed by atoms with E-state index in [2.05, 4.69) is 27.6 Å². The lowest BCUT2D eigenvalue weighted by molar-refractivity contribution is -0.120. The lowest BCUT2D eigenvalue weighted by atomic mass is 9.84. The lowest BCUT2D eigenvalue weighted by Crippen LogP contribution is -2.42. The molecule has 2 aliphatic rings. The molecule has 1 aromatic carbocycles. The van der Waals surface area contributed by atoms with Crippen molar-refractivity contribution in [3.8, 4) is 5.69 Å². The predicted molar refractivity (Wildman–Crippen MR) is 96.4 cm³/mol. The molecule has 2 fully saturated rings. The first-order valence-electron chi connectivity index (χ1n) is 9.17. The molecule has 1 amide bonds. The largest absolute Gasteiger partial charge is 0.376 e. The molecule has 0 saturated heterocycles. The minimum atomic E-state index is 0.0654. The molecular weight excluding hydrogens is 314 g/mol. The molecule has 4 unspecified atom stereocenters.